The Bertz CT molecular complexity index is 664. The second kappa shape index (κ2) is 6.05. The van der Waals surface area contributed by atoms with Crippen LogP contribution in [0.3, 0.4) is 0 Å². The summed E-state index contributed by atoms with van der Waals surface area (Å²) >= 11 is 0. The lowest BCUT2D eigenvalue weighted by Gasteiger charge is -2.09. The number of aliphatic hydroxyl groups is 1. The summed E-state index contributed by atoms with van der Waals surface area (Å²) in [4.78, 5) is 10.7. The fourth-order valence-corrected chi connectivity index (χ4v) is 2.54. The van der Waals surface area contributed by atoms with E-state index in [1.54, 1.807) is 22.9 Å². The van der Waals surface area contributed by atoms with Crippen molar-refractivity contribution in [2.24, 2.45) is 0 Å². The zero-order valence-corrected chi connectivity index (χ0v) is 12.4. The topological polar surface area (TPSA) is 81.2 Å². The Kier molecular flexibility index (Phi) is 4.37. The maximum absolute atomic E-state index is 11.1. The van der Waals surface area contributed by atoms with E-state index in [2.05, 4.69) is 5.10 Å². The van der Waals surface area contributed by atoms with Crippen LogP contribution in [0.1, 0.15) is 42.0 Å². The second-order valence-corrected chi connectivity index (χ2v) is 5.05. The molecule has 1 aromatic heterocycles. The van der Waals surface area contributed by atoms with Crippen molar-refractivity contribution in [3.8, 4) is 0 Å². The van der Waals surface area contributed by atoms with Gasteiger partial charge in [0.25, 0.3) is 5.69 Å². The molecule has 0 saturated carbocycles. The number of hydrogen-bond donors (Lipinski definition) is 1. The van der Waals surface area contributed by atoms with Crippen LogP contribution in [0.2, 0.25) is 0 Å². The lowest BCUT2D eigenvalue weighted by atomic mass is 10.1. The van der Waals surface area contributed by atoms with E-state index >= 15 is 0 Å². The van der Waals surface area contributed by atoms with Gasteiger partial charge in [0.1, 0.15) is 0 Å². The number of rotatable bonds is 5. The third-order valence-electron chi connectivity index (χ3n) is 3.67. The highest BCUT2D eigenvalue weighted by atomic mass is 16.6. The molecular formula is C15H19N3O3. The largest absolute Gasteiger partial charge is 0.388 e. The van der Waals surface area contributed by atoms with E-state index in [1.165, 1.54) is 6.07 Å². The first kappa shape index (κ1) is 15.2. The summed E-state index contributed by atoms with van der Waals surface area (Å²) in [6.07, 6.45) is 0.0586. The minimum atomic E-state index is -0.551. The molecule has 0 aliphatic carbocycles. The van der Waals surface area contributed by atoms with Gasteiger partial charge in [0.2, 0.25) is 0 Å². The molecule has 1 aromatic carbocycles. The third kappa shape index (κ3) is 2.95. The van der Waals surface area contributed by atoms with Crippen molar-refractivity contribution in [3.63, 3.8) is 0 Å². The van der Waals surface area contributed by atoms with Crippen molar-refractivity contribution in [1.29, 1.82) is 0 Å². The molecule has 2 aromatic rings. The van der Waals surface area contributed by atoms with Gasteiger partial charge in [-0.25, -0.2) is 0 Å². The van der Waals surface area contributed by atoms with Crippen LogP contribution in [0.15, 0.2) is 24.3 Å². The van der Waals surface area contributed by atoms with Gasteiger partial charge in [0, 0.05) is 17.3 Å². The smallest absolute Gasteiger partial charge is 0.274 e. The average molecular weight is 289 g/mol. The van der Waals surface area contributed by atoms with E-state index < -0.39 is 6.10 Å². The van der Waals surface area contributed by atoms with E-state index in [0.29, 0.717) is 18.5 Å². The van der Waals surface area contributed by atoms with E-state index in [1.807, 2.05) is 20.8 Å². The number of aryl methyl sites for hydroxylation is 1. The molecule has 1 heterocycles. The van der Waals surface area contributed by atoms with Crippen LogP contribution < -0.4 is 0 Å². The molecule has 0 amide bonds. The van der Waals surface area contributed by atoms with Crippen molar-refractivity contribution >= 4 is 5.69 Å². The first-order chi connectivity index (χ1) is 9.95. The summed E-state index contributed by atoms with van der Waals surface area (Å²) in [5, 5.41) is 25.5. The van der Waals surface area contributed by atoms with Crippen LogP contribution in [0.4, 0.5) is 5.69 Å². The molecule has 6 heteroatoms. The number of nitrogens with zero attached hydrogens (tertiary/aromatic N) is 3. The van der Waals surface area contributed by atoms with Gasteiger partial charge in [-0.2, -0.15) is 5.10 Å². The Hall–Kier alpha value is -2.21. The SMILES string of the molecule is CCC(O)c1c(C)nn(Cc2ccccc2[N+](=O)[O-])c1C. The molecule has 0 fully saturated rings. The minimum Gasteiger partial charge on any atom is -0.388 e. The summed E-state index contributed by atoms with van der Waals surface area (Å²) in [7, 11) is 0. The quantitative estimate of drug-likeness (QED) is 0.678. The normalized spacial score (nSPS) is 12.4. The molecule has 1 atom stereocenters. The van der Waals surface area contributed by atoms with Crippen LogP contribution in [0.25, 0.3) is 0 Å². The molecule has 0 aliphatic heterocycles. The van der Waals surface area contributed by atoms with Gasteiger partial charge in [-0.05, 0) is 20.3 Å². The van der Waals surface area contributed by atoms with E-state index in [4.69, 9.17) is 0 Å². The fourth-order valence-electron chi connectivity index (χ4n) is 2.54. The molecule has 21 heavy (non-hydrogen) atoms. The minimum absolute atomic E-state index is 0.0858. The van der Waals surface area contributed by atoms with Crippen LogP contribution in [-0.2, 0) is 6.54 Å². The molecule has 6 nitrogen and oxygen atoms in total. The van der Waals surface area contributed by atoms with Gasteiger partial charge >= 0.3 is 0 Å². The molecule has 112 valence electrons. The molecule has 0 bridgehead atoms. The van der Waals surface area contributed by atoms with Crippen LogP contribution in [0.5, 0.6) is 0 Å². The Morgan fingerprint density at radius 1 is 1.38 bits per heavy atom. The van der Waals surface area contributed by atoms with Crippen molar-refractivity contribution in [2.45, 2.75) is 39.8 Å². The van der Waals surface area contributed by atoms with Gasteiger partial charge in [0.05, 0.1) is 28.8 Å². The molecule has 2 rings (SSSR count). The molecule has 0 aliphatic rings. The predicted molar refractivity (Wildman–Crippen MR) is 79.2 cm³/mol. The van der Waals surface area contributed by atoms with Gasteiger partial charge in [-0.15, -0.1) is 0 Å². The van der Waals surface area contributed by atoms with Gasteiger partial charge in [0.15, 0.2) is 0 Å². The van der Waals surface area contributed by atoms with Gasteiger partial charge in [-0.1, -0.05) is 25.1 Å². The lowest BCUT2D eigenvalue weighted by Crippen LogP contribution is -2.07. The number of aromatic nitrogens is 2. The summed E-state index contributed by atoms with van der Waals surface area (Å²) in [6.45, 7) is 5.95. The Labute approximate surface area is 123 Å². The molecule has 0 radical (unpaired) electrons. The number of benzene rings is 1. The number of para-hydroxylation sites is 1. The number of aliphatic hydroxyl groups excluding tert-OH is 1. The van der Waals surface area contributed by atoms with Crippen LogP contribution >= 0.6 is 0 Å². The highest BCUT2D eigenvalue weighted by Gasteiger charge is 2.20. The second-order valence-electron chi connectivity index (χ2n) is 5.05. The molecule has 0 saturated heterocycles. The fraction of sp³-hybridized carbons (Fsp3) is 0.400. The zero-order valence-electron chi connectivity index (χ0n) is 12.4. The first-order valence-electron chi connectivity index (χ1n) is 6.90. The summed E-state index contributed by atoms with van der Waals surface area (Å²) < 4.78 is 1.71. The van der Waals surface area contributed by atoms with Crippen molar-refractivity contribution in [3.05, 3.63) is 56.9 Å². The predicted octanol–water partition coefficient (Wildman–Crippen LogP) is 2.90. The van der Waals surface area contributed by atoms with Gasteiger partial charge < -0.3 is 5.11 Å². The number of nitro groups is 1. The van der Waals surface area contributed by atoms with E-state index in [0.717, 1.165) is 17.0 Å². The van der Waals surface area contributed by atoms with Crippen molar-refractivity contribution in [2.75, 3.05) is 0 Å². The average Bonchev–Trinajstić information content (AvgIpc) is 2.73. The molecular weight excluding hydrogens is 270 g/mol. The zero-order chi connectivity index (χ0) is 15.6. The molecule has 1 unspecified atom stereocenters. The number of nitro benzene ring substituents is 1. The van der Waals surface area contributed by atoms with E-state index in [-0.39, 0.29) is 10.6 Å². The maximum Gasteiger partial charge on any atom is 0.274 e. The van der Waals surface area contributed by atoms with E-state index in [9.17, 15) is 15.2 Å². The van der Waals surface area contributed by atoms with Crippen LogP contribution in [-0.4, -0.2) is 19.8 Å². The standard InChI is InChI=1S/C15H19N3O3/c1-4-14(19)15-10(2)16-17(11(15)3)9-12-7-5-6-8-13(12)18(20)21/h5-8,14,19H,4,9H2,1-3H3. The summed E-state index contributed by atoms with van der Waals surface area (Å²) in [6, 6.07) is 6.64. The Morgan fingerprint density at radius 2 is 2.05 bits per heavy atom. The summed E-state index contributed by atoms with van der Waals surface area (Å²) in [5.74, 6) is 0. The lowest BCUT2D eigenvalue weighted by molar-refractivity contribution is -0.385. The Morgan fingerprint density at radius 3 is 2.67 bits per heavy atom. The Balaban J connectivity index is 2.40. The van der Waals surface area contributed by atoms with Crippen molar-refractivity contribution in [1.82, 2.24) is 9.78 Å². The van der Waals surface area contributed by atoms with Gasteiger partial charge in [-0.3, -0.25) is 14.8 Å². The summed E-state index contributed by atoms with van der Waals surface area (Å²) in [5.41, 5.74) is 3.12. The van der Waals surface area contributed by atoms with Crippen molar-refractivity contribution < 1.29 is 10.0 Å². The third-order valence-corrected chi connectivity index (χ3v) is 3.67. The highest BCUT2D eigenvalue weighted by Crippen LogP contribution is 2.26. The number of hydrogen-bond acceptors (Lipinski definition) is 4. The monoisotopic (exact) mass is 289 g/mol. The van der Waals surface area contributed by atoms with Crippen LogP contribution in [0, 0.1) is 24.0 Å². The molecule has 0 spiro atoms. The first-order valence-corrected chi connectivity index (χ1v) is 6.90. The molecule has 1 N–H and O–H groups in total. The maximum atomic E-state index is 11.1. The highest BCUT2D eigenvalue weighted by molar-refractivity contribution is 5.40.